The number of hydrazone groups is 1. The summed E-state index contributed by atoms with van der Waals surface area (Å²) in [5.41, 5.74) is 2.20. The summed E-state index contributed by atoms with van der Waals surface area (Å²) in [6, 6.07) is 6.25. The smallest absolute Gasteiger partial charge is 0.356 e. The Morgan fingerprint density at radius 3 is 2.50 bits per heavy atom. The molecule has 0 saturated carbocycles. The molecule has 8 nitrogen and oxygen atoms in total. The minimum Gasteiger partial charge on any atom is -0.497 e. The van der Waals surface area contributed by atoms with Crippen molar-refractivity contribution < 1.29 is 19.4 Å². The van der Waals surface area contributed by atoms with Gasteiger partial charge in [-0.3, -0.25) is 9.78 Å². The van der Waals surface area contributed by atoms with Gasteiger partial charge in [-0.15, -0.1) is 0 Å². The molecule has 0 fully saturated rings. The summed E-state index contributed by atoms with van der Waals surface area (Å²) in [7, 11) is 1.50. The van der Waals surface area contributed by atoms with E-state index in [4.69, 9.17) is 4.74 Å². The number of carbonyl (C=O) groups excluding carboxylic acids is 1. The number of rotatable bonds is 5. The Bertz CT molecular complexity index is 699. The summed E-state index contributed by atoms with van der Waals surface area (Å²) < 4.78 is 4.99. The van der Waals surface area contributed by atoms with E-state index in [0.29, 0.717) is 11.3 Å². The predicted octanol–water partition coefficient (Wildman–Crippen LogP) is 0.704. The Morgan fingerprint density at radius 2 is 1.95 bits per heavy atom. The molecule has 0 spiro atoms. The van der Waals surface area contributed by atoms with Gasteiger partial charge in [0.2, 0.25) is 0 Å². The van der Waals surface area contributed by atoms with E-state index in [9.17, 15) is 14.7 Å². The molecule has 1 heterocycles. The topological polar surface area (TPSA) is 114 Å². The van der Waals surface area contributed by atoms with E-state index < -0.39 is 11.9 Å². The van der Waals surface area contributed by atoms with Gasteiger partial charge in [0.15, 0.2) is 5.71 Å². The first-order valence-corrected chi connectivity index (χ1v) is 6.13. The van der Waals surface area contributed by atoms with Crippen LogP contribution in [0, 0.1) is 0 Å². The zero-order valence-corrected chi connectivity index (χ0v) is 11.6. The Hall–Kier alpha value is -3.29. The van der Waals surface area contributed by atoms with Crippen LogP contribution in [0.1, 0.15) is 16.1 Å². The van der Waals surface area contributed by atoms with Crippen molar-refractivity contribution in [1.82, 2.24) is 15.4 Å². The van der Waals surface area contributed by atoms with Crippen LogP contribution in [0.15, 0.2) is 48.0 Å². The molecule has 2 rings (SSSR count). The van der Waals surface area contributed by atoms with Crippen LogP contribution < -0.4 is 10.2 Å². The third-order valence-electron chi connectivity index (χ3n) is 2.63. The largest absolute Gasteiger partial charge is 0.497 e. The minimum atomic E-state index is -1.27. The predicted molar refractivity (Wildman–Crippen MR) is 76.7 cm³/mol. The summed E-state index contributed by atoms with van der Waals surface area (Å²) in [6.07, 6.45) is 4.01. The first-order chi connectivity index (χ1) is 10.6. The highest BCUT2D eigenvalue weighted by molar-refractivity contribution is 6.42. The SMILES string of the molecule is COc1ccc(/C(=N/NC(=O)c2cnccn2)C(=O)O)cc1. The molecule has 0 bridgehead atoms. The lowest BCUT2D eigenvalue weighted by Gasteiger charge is -2.04. The van der Waals surface area contributed by atoms with Gasteiger partial charge in [0.25, 0.3) is 5.91 Å². The number of carbonyl (C=O) groups is 2. The zero-order chi connectivity index (χ0) is 15.9. The first kappa shape index (κ1) is 15.1. The van der Waals surface area contributed by atoms with E-state index in [1.54, 1.807) is 12.1 Å². The summed E-state index contributed by atoms with van der Waals surface area (Å²) >= 11 is 0. The number of hydrogen-bond acceptors (Lipinski definition) is 6. The Labute approximate surface area is 125 Å². The number of nitrogens with zero attached hydrogens (tertiary/aromatic N) is 3. The quantitative estimate of drug-likeness (QED) is 0.620. The van der Waals surface area contributed by atoms with E-state index in [1.165, 1.54) is 37.8 Å². The van der Waals surface area contributed by atoms with E-state index in [2.05, 4.69) is 20.5 Å². The second kappa shape index (κ2) is 6.93. The van der Waals surface area contributed by atoms with Gasteiger partial charge < -0.3 is 9.84 Å². The number of hydrogen-bond donors (Lipinski definition) is 2. The van der Waals surface area contributed by atoms with E-state index in [-0.39, 0.29) is 11.4 Å². The van der Waals surface area contributed by atoms with Gasteiger partial charge in [-0.25, -0.2) is 15.2 Å². The van der Waals surface area contributed by atoms with Crippen molar-refractivity contribution in [3.05, 3.63) is 54.1 Å². The number of benzene rings is 1. The van der Waals surface area contributed by atoms with E-state index >= 15 is 0 Å². The number of amides is 1. The van der Waals surface area contributed by atoms with Gasteiger partial charge in [0, 0.05) is 18.0 Å². The maximum absolute atomic E-state index is 11.8. The molecule has 0 atom stereocenters. The van der Waals surface area contributed by atoms with Crippen molar-refractivity contribution in [2.24, 2.45) is 5.10 Å². The Kier molecular flexibility index (Phi) is 4.76. The molecular weight excluding hydrogens is 288 g/mol. The third kappa shape index (κ3) is 3.63. The molecule has 1 amide bonds. The zero-order valence-electron chi connectivity index (χ0n) is 11.6. The number of aliphatic carboxylic acids is 1. The van der Waals surface area contributed by atoms with Crippen LogP contribution in [0.25, 0.3) is 0 Å². The molecule has 0 aliphatic rings. The van der Waals surface area contributed by atoms with Crippen LogP contribution in [0.5, 0.6) is 5.75 Å². The number of carboxylic acid groups (broad SMARTS) is 1. The molecular formula is C14H12N4O4. The molecule has 0 unspecified atom stereocenters. The lowest BCUT2D eigenvalue weighted by molar-refractivity contribution is -0.129. The van der Waals surface area contributed by atoms with Crippen molar-refractivity contribution in [3.8, 4) is 5.75 Å². The number of aromatic nitrogens is 2. The lowest BCUT2D eigenvalue weighted by atomic mass is 10.1. The molecule has 0 aliphatic heterocycles. The number of carboxylic acids is 1. The highest BCUT2D eigenvalue weighted by Gasteiger charge is 2.14. The second-order valence-corrected chi connectivity index (χ2v) is 4.03. The summed E-state index contributed by atoms with van der Waals surface area (Å²) in [5.74, 6) is -1.35. The molecule has 1 aromatic carbocycles. The summed E-state index contributed by atoms with van der Waals surface area (Å²) in [6.45, 7) is 0. The maximum Gasteiger partial charge on any atom is 0.356 e. The van der Waals surface area contributed by atoms with Crippen molar-refractivity contribution in [2.45, 2.75) is 0 Å². The highest BCUT2D eigenvalue weighted by Crippen LogP contribution is 2.12. The molecule has 0 radical (unpaired) electrons. The number of ether oxygens (including phenoxy) is 1. The van der Waals surface area contributed by atoms with Gasteiger partial charge in [-0.1, -0.05) is 0 Å². The normalized spacial score (nSPS) is 10.9. The highest BCUT2D eigenvalue weighted by atomic mass is 16.5. The molecule has 112 valence electrons. The fourth-order valence-electron chi connectivity index (χ4n) is 1.57. The molecule has 0 saturated heterocycles. The average Bonchev–Trinajstić information content (AvgIpc) is 2.56. The van der Waals surface area contributed by atoms with Crippen LogP contribution in [0.4, 0.5) is 0 Å². The molecule has 8 heteroatoms. The van der Waals surface area contributed by atoms with Crippen molar-refractivity contribution in [1.29, 1.82) is 0 Å². The fraction of sp³-hybridized carbons (Fsp3) is 0.0714. The van der Waals surface area contributed by atoms with Gasteiger partial charge in [0.1, 0.15) is 11.4 Å². The Balaban J connectivity index is 2.20. The van der Waals surface area contributed by atoms with Gasteiger partial charge >= 0.3 is 5.97 Å². The molecule has 2 N–H and O–H groups in total. The molecule has 22 heavy (non-hydrogen) atoms. The van der Waals surface area contributed by atoms with Crippen LogP contribution in [-0.2, 0) is 4.79 Å². The molecule has 1 aromatic heterocycles. The summed E-state index contributed by atoms with van der Waals surface area (Å²) in [5, 5.41) is 12.8. The molecule has 2 aromatic rings. The Morgan fingerprint density at radius 1 is 1.23 bits per heavy atom. The second-order valence-electron chi connectivity index (χ2n) is 4.03. The van der Waals surface area contributed by atoms with Crippen LogP contribution in [0.3, 0.4) is 0 Å². The minimum absolute atomic E-state index is 0.0331. The number of methoxy groups -OCH3 is 1. The van der Waals surface area contributed by atoms with Crippen LogP contribution in [0.2, 0.25) is 0 Å². The third-order valence-corrected chi connectivity index (χ3v) is 2.63. The standard InChI is InChI=1S/C14H12N4O4/c1-22-10-4-2-9(3-5-10)12(14(20)21)17-18-13(19)11-8-15-6-7-16-11/h2-8H,1H3,(H,18,19)(H,20,21)/b17-12-. The van der Waals surface area contributed by atoms with Gasteiger partial charge in [-0.2, -0.15) is 5.10 Å². The van der Waals surface area contributed by atoms with Crippen molar-refractivity contribution in [2.75, 3.05) is 7.11 Å². The van der Waals surface area contributed by atoms with Gasteiger partial charge in [-0.05, 0) is 24.3 Å². The summed E-state index contributed by atoms with van der Waals surface area (Å²) in [4.78, 5) is 30.6. The monoisotopic (exact) mass is 300 g/mol. The fourth-order valence-corrected chi connectivity index (χ4v) is 1.57. The number of nitrogens with one attached hydrogen (secondary N) is 1. The van der Waals surface area contributed by atoms with Crippen LogP contribution >= 0.6 is 0 Å². The van der Waals surface area contributed by atoms with Crippen LogP contribution in [-0.4, -0.2) is 39.8 Å². The van der Waals surface area contributed by atoms with Crippen molar-refractivity contribution in [3.63, 3.8) is 0 Å². The van der Waals surface area contributed by atoms with Gasteiger partial charge in [0.05, 0.1) is 13.3 Å². The van der Waals surface area contributed by atoms with E-state index in [0.717, 1.165) is 0 Å². The van der Waals surface area contributed by atoms with Crippen molar-refractivity contribution >= 4 is 17.6 Å². The molecule has 0 aliphatic carbocycles. The lowest BCUT2D eigenvalue weighted by Crippen LogP contribution is -2.24. The van der Waals surface area contributed by atoms with E-state index in [1.807, 2.05) is 0 Å². The average molecular weight is 300 g/mol. The first-order valence-electron chi connectivity index (χ1n) is 6.13. The maximum atomic E-state index is 11.8.